The van der Waals surface area contributed by atoms with Crippen molar-refractivity contribution in [3.8, 4) is 0 Å². The monoisotopic (exact) mass is 316 g/mol. The lowest BCUT2D eigenvalue weighted by Crippen LogP contribution is -2.38. The van der Waals surface area contributed by atoms with Gasteiger partial charge in [-0.2, -0.15) is 0 Å². The number of hydrogen-bond acceptors (Lipinski definition) is 5. The van der Waals surface area contributed by atoms with Gasteiger partial charge in [-0.25, -0.2) is 4.98 Å². The van der Waals surface area contributed by atoms with Gasteiger partial charge in [0.2, 0.25) is 0 Å². The Bertz CT molecular complexity index is 787. The molecular formula is C16H16N2O3S. The van der Waals surface area contributed by atoms with Crippen LogP contribution in [0.2, 0.25) is 0 Å². The summed E-state index contributed by atoms with van der Waals surface area (Å²) in [6.07, 6.45) is 0. The molecular weight excluding hydrogens is 300 g/mol. The van der Waals surface area contributed by atoms with E-state index in [4.69, 9.17) is 4.42 Å². The van der Waals surface area contributed by atoms with E-state index in [-0.39, 0.29) is 12.5 Å². The predicted molar refractivity (Wildman–Crippen MR) is 85.0 cm³/mol. The third-order valence-corrected chi connectivity index (χ3v) is 4.39. The fraction of sp³-hybridized carbons (Fsp3) is 0.250. The smallest absolute Gasteiger partial charge is 0.280 e. The van der Waals surface area contributed by atoms with Crippen LogP contribution >= 0.6 is 11.3 Å². The number of carbonyl (C=O) groups excluding carboxylic acids is 1. The molecule has 0 aliphatic carbocycles. The van der Waals surface area contributed by atoms with E-state index in [0.29, 0.717) is 16.5 Å². The molecule has 114 valence electrons. The van der Waals surface area contributed by atoms with Gasteiger partial charge >= 0.3 is 0 Å². The molecule has 0 radical (unpaired) electrons. The van der Waals surface area contributed by atoms with Crippen molar-refractivity contribution in [3.63, 3.8) is 0 Å². The van der Waals surface area contributed by atoms with Gasteiger partial charge in [0.15, 0.2) is 5.01 Å². The molecule has 5 nitrogen and oxygen atoms in total. The Balaban J connectivity index is 1.71. The number of amides is 1. The summed E-state index contributed by atoms with van der Waals surface area (Å²) in [4.78, 5) is 16.5. The molecule has 22 heavy (non-hydrogen) atoms. The van der Waals surface area contributed by atoms with Crippen molar-refractivity contribution in [2.45, 2.75) is 19.4 Å². The number of furan rings is 1. The van der Waals surface area contributed by atoms with E-state index < -0.39 is 5.60 Å². The zero-order valence-electron chi connectivity index (χ0n) is 12.3. The number of nitrogens with one attached hydrogen (secondary N) is 1. The van der Waals surface area contributed by atoms with Gasteiger partial charge in [-0.1, -0.05) is 12.1 Å². The second-order valence-electron chi connectivity index (χ2n) is 5.35. The van der Waals surface area contributed by atoms with E-state index in [9.17, 15) is 9.90 Å². The molecule has 3 rings (SSSR count). The Labute approximate surface area is 131 Å². The van der Waals surface area contributed by atoms with Crippen LogP contribution in [0.3, 0.4) is 0 Å². The van der Waals surface area contributed by atoms with Gasteiger partial charge in [0.1, 0.15) is 17.1 Å². The molecule has 0 aliphatic rings. The van der Waals surface area contributed by atoms with E-state index in [2.05, 4.69) is 10.3 Å². The molecule has 0 saturated heterocycles. The van der Waals surface area contributed by atoms with E-state index in [1.54, 1.807) is 26.0 Å². The Morgan fingerprint density at radius 2 is 2.14 bits per heavy atom. The molecule has 1 amide bonds. The van der Waals surface area contributed by atoms with Crippen molar-refractivity contribution in [1.29, 1.82) is 0 Å². The molecule has 3 aromatic rings. The zero-order valence-corrected chi connectivity index (χ0v) is 13.1. The Kier molecular flexibility index (Phi) is 3.72. The van der Waals surface area contributed by atoms with E-state index in [1.165, 1.54) is 11.3 Å². The lowest BCUT2D eigenvalue weighted by Gasteiger charge is -2.20. The molecule has 2 aromatic heterocycles. The number of aromatic nitrogens is 1. The number of thiazole rings is 1. The third kappa shape index (κ3) is 2.88. The molecule has 0 aliphatic heterocycles. The maximum Gasteiger partial charge on any atom is 0.280 e. The minimum atomic E-state index is -1.26. The molecule has 0 fully saturated rings. The summed E-state index contributed by atoms with van der Waals surface area (Å²) in [6.45, 7) is 3.46. The van der Waals surface area contributed by atoms with Crippen molar-refractivity contribution in [1.82, 2.24) is 10.3 Å². The molecule has 1 unspecified atom stereocenters. The quantitative estimate of drug-likeness (QED) is 0.776. The minimum absolute atomic E-state index is 0.0503. The number of aryl methyl sites for hydroxylation is 1. The number of fused-ring (bicyclic) bond motifs is 1. The summed E-state index contributed by atoms with van der Waals surface area (Å²) in [7, 11) is 0. The molecule has 2 heterocycles. The predicted octanol–water partition coefficient (Wildman–Crippen LogP) is 2.84. The Morgan fingerprint density at radius 1 is 1.36 bits per heavy atom. The summed E-state index contributed by atoms with van der Waals surface area (Å²) in [5, 5.41) is 13.5. The van der Waals surface area contributed by atoms with Crippen molar-refractivity contribution >= 4 is 27.5 Å². The highest BCUT2D eigenvalue weighted by Crippen LogP contribution is 2.23. The average molecular weight is 316 g/mol. The van der Waals surface area contributed by atoms with Crippen LogP contribution < -0.4 is 5.32 Å². The summed E-state index contributed by atoms with van der Waals surface area (Å²) in [5.74, 6) is 0.840. The van der Waals surface area contributed by atoms with Crippen LogP contribution in [0.5, 0.6) is 0 Å². The van der Waals surface area contributed by atoms with Gasteiger partial charge in [-0.15, -0.1) is 11.3 Å². The first-order valence-electron chi connectivity index (χ1n) is 6.89. The van der Waals surface area contributed by atoms with Gasteiger partial charge in [-0.05, 0) is 38.1 Å². The number of aliphatic hydroxyl groups is 1. The zero-order chi connectivity index (χ0) is 15.7. The van der Waals surface area contributed by atoms with E-state index in [0.717, 1.165) is 10.2 Å². The van der Waals surface area contributed by atoms with Crippen molar-refractivity contribution in [2.24, 2.45) is 0 Å². The molecule has 0 bridgehead atoms. The highest BCUT2D eigenvalue weighted by atomic mass is 32.1. The first-order chi connectivity index (χ1) is 10.5. The van der Waals surface area contributed by atoms with Crippen molar-refractivity contribution in [3.05, 3.63) is 52.9 Å². The van der Waals surface area contributed by atoms with Crippen LogP contribution in [-0.4, -0.2) is 22.5 Å². The molecule has 0 spiro atoms. The lowest BCUT2D eigenvalue weighted by molar-refractivity contribution is 0.0323. The maximum absolute atomic E-state index is 12.2. The van der Waals surface area contributed by atoms with Crippen LogP contribution in [0, 0.1) is 6.92 Å². The summed E-state index contributed by atoms with van der Waals surface area (Å²) in [5.41, 5.74) is -0.466. The van der Waals surface area contributed by atoms with Gasteiger partial charge < -0.3 is 14.8 Å². The van der Waals surface area contributed by atoms with Crippen LogP contribution in [0.15, 0.2) is 40.8 Å². The maximum atomic E-state index is 12.2. The molecule has 1 aromatic carbocycles. The normalized spacial score (nSPS) is 14.0. The standard InChI is InChI=1S/C16H16N2O3S/c1-10-7-8-13(21-10)16(2,20)9-17-14(19)15-18-11-5-3-4-6-12(11)22-15/h3-8,20H,9H2,1-2H3,(H,17,19). The highest BCUT2D eigenvalue weighted by molar-refractivity contribution is 7.20. The number of nitrogens with zero attached hydrogens (tertiary/aromatic N) is 1. The Morgan fingerprint density at radius 3 is 2.82 bits per heavy atom. The first kappa shape index (κ1) is 14.7. The second-order valence-corrected chi connectivity index (χ2v) is 6.38. The van der Waals surface area contributed by atoms with Crippen molar-refractivity contribution in [2.75, 3.05) is 6.54 Å². The number of benzene rings is 1. The lowest BCUT2D eigenvalue weighted by atomic mass is 10.0. The molecule has 1 atom stereocenters. The van der Waals surface area contributed by atoms with Gasteiger partial charge in [0.25, 0.3) is 5.91 Å². The fourth-order valence-corrected chi connectivity index (χ4v) is 2.99. The van der Waals surface area contributed by atoms with Crippen LogP contribution in [-0.2, 0) is 5.60 Å². The topological polar surface area (TPSA) is 75.4 Å². The highest BCUT2D eigenvalue weighted by Gasteiger charge is 2.28. The van der Waals surface area contributed by atoms with E-state index >= 15 is 0 Å². The SMILES string of the molecule is Cc1ccc(C(C)(O)CNC(=O)c2nc3ccccc3s2)o1. The van der Waals surface area contributed by atoms with Crippen LogP contribution in [0.4, 0.5) is 0 Å². The second kappa shape index (κ2) is 5.55. The van der Waals surface area contributed by atoms with Crippen LogP contribution in [0.1, 0.15) is 28.2 Å². The van der Waals surface area contributed by atoms with Gasteiger partial charge in [0, 0.05) is 0 Å². The minimum Gasteiger partial charge on any atom is -0.463 e. The number of rotatable bonds is 4. The summed E-state index contributed by atoms with van der Waals surface area (Å²) >= 11 is 1.33. The van der Waals surface area contributed by atoms with Crippen LogP contribution in [0.25, 0.3) is 10.2 Å². The number of hydrogen-bond donors (Lipinski definition) is 2. The third-order valence-electron chi connectivity index (χ3n) is 3.35. The molecule has 2 N–H and O–H groups in total. The first-order valence-corrected chi connectivity index (χ1v) is 7.70. The molecule has 6 heteroatoms. The van der Waals surface area contributed by atoms with Gasteiger partial charge in [-0.3, -0.25) is 4.79 Å². The Hall–Kier alpha value is -2.18. The number of carbonyl (C=O) groups is 1. The van der Waals surface area contributed by atoms with E-state index in [1.807, 2.05) is 24.3 Å². The fourth-order valence-electron chi connectivity index (χ4n) is 2.11. The average Bonchev–Trinajstić information content (AvgIpc) is 3.11. The number of para-hydroxylation sites is 1. The largest absolute Gasteiger partial charge is 0.463 e. The van der Waals surface area contributed by atoms with Gasteiger partial charge in [0.05, 0.1) is 16.8 Å². The summed E-state index contributed by atoms with van der Waals surface area (Å²) in [6, 6.07) is 11.1. The molecule has 0 saturated carbocycles. The van der Waals surface area contributed by atoms with Crippen molar-refractivity contribution < 1.29 is 14.3 Å². The summed E-state index contributed by atoms with van der Waals surface area (Å²) < 4.78 is 6.38.